The molecular formula is C14H26N2. The third kappa shape index (κ3) is 2.28. The van der Waals surface area contributed by atoms with Gasteiger partial charge in [0, 0.05) is 25.2 Å². The first kappa shape index (κ1) is 11.0. The molecule has 2 saturated heterocycles. The van der Waals surface area contributed by atoms with Crippen molar-refractivity contribution in [2.24, 2.45) is 5.92 Å². The van der Waals surface area contributed by atoms with Gasteiger partial charge < -0.3 is 5.32 Å². The van der Waals surface area contributed by atoms with Crippen molar-refractivity contribution in [1.82, 2.24) is 10.2 Å². The van der Waals surface area contributed by atoms with E-state index < -0.39 is 0 Å². The van der Waals surface area contributed by atoms with Crippen LogP contribution in [-0.2, 0) is 0 Å². The summed E-state index contributed by atoms with van der Waals surface area (Å²) >= 11 is 0. The lowest BCUT2D eigenvalue weighted by Gasteiger charge is -2.26. The highest BCUT2D eigenvalue weighted by molar-refractivity contribution is 4.94. The predicted octanol–water partition coefficient (Wildman–Crippen LogP) is 2.39. The van der Waals surface area contributed by atoms with Crippen LogP contribution in [0.3, 0.4) is 0 Å². The molecule has 0 aromatic heterocycles. The Morgan fingerprint density at radius 2 is 1.62 bits per heavy atom. The number of hydrogen-bond acceptors (Lipinski definition) is 2. The second-order valence-electron chi connectivity index (χ2n) is 6.06. The number of hydrogen-bond donors (Lipinski definition) is 1. The number of fused-ring (bicyclic) bond motifs is 1. The average Bonchev–Trinajstić information content (AvgIpc) is 2.56. The molecule has 3 fully saturated rings. The predicted molar refractivity (Wildman–Crippen MR) is 67.6 cm³/mol. The van der Waals surface area contributed by atoms with Crippen LogP contribution in [0.15, 0.2) is 0 Å². The number of likely N-dealkylation sites (tertiary alicyclic amines) is 1. The van der Waals surface area contributed by atoms with Gasteiger partial charge in [-0.25, -0.2) is 0 Å². The second kappa shape index (κ2) is 5.05. The lowest BCUT2D eigenvalue weighted by Crippen LogP contribution is -2.41. The van der Waals surface area contributed by atoms with E-state index in [0.29, 0.717) is 0 Å². The van der Waals surface area contributed by atoms with Crippen LogP contribution < -0.4 is 5.32 Å². The van der Waals surface area contributed by atoms with Gasteiger partial charge in [0.25, 0.3) is 0 Å². The van der Waals surface area contributed by atoms with Crippen molar-refractivity contribution >= 4 is 0 Å². The minimum atomic E-state index is 0.831. The first-order valence-electron chi connectivity index (χ1n) is 7.41. The molecule has 3 aliphatic rings. The van der Waals surface area contributed by atoms with Crippen molar-refractivity contribution in [2.75, 3.05) is 19.6 Å². The van der Waals surface area contributed by atoms with E-state index in [1.165, 1.54) is 71.0 Å². The fourth-order valence-corrected chi connectivity index (χ4v) is 4.00. The molecule has 0 bridgehead atoms. The molecule has 92 valence electrons. The maximum absolute atomic E-state index is 3.72. The molecule has 0 aromatic rings. The van der Waals surface area contributed by atoms with Gasteiger partial charge in [0.2, 0.25) is 0 Å². The lowest BCUT2D eigenvalue weighted by atomic mass is 9.94. The summed E-state index contributed by atoms with van der Waals surface area (Å²) in [6.45, 7) is 4.00. The van der Waals surface area contributed by atoms with Gasteiger partial charge in [0.1, 0.15) is 0 Å². The number of nitrogens with zero attached hydrogens (tertiary/aromatic N) is 1. The molecule has 1 saturated carbocycles. The molecule has 1 aliphatic carbocycles. The molecule has 2 nitrogen and oxygen atoms in total. The fraction of sp³-hybridized carbons (Fsp3) is 1.00. The maximum atomic E-state index is 3.72. The van der Waals surface area contributed by atoms with Crippen LogP contribution in [0.1, 0.15) is 51.4 Å². The molecule has 2 unspecified atom stereocenters. The standard InChI is InChI=1S/C14H26N2/c1-2-4-8-13(7-3-1)16-10-12-6-5-9-15-14(12)11-16/h12-15H,1-11H2. The van der Waals surface area contributed by atoms with Crippen LogP contribution >= 0.6 is 0 Å². The van der Waals surface area contributed by atoms with E-state index in [1.54, 1.807) is 0 Å². The van der Waals surface area contributed by atoms with E-state index in [4.69, 9.17) is 0 Å². The van der Waals surface area contributed by atoms with Crippen LogP contribution in [0.25, 0.3) is 0 Å². The summed E-state index contributed by atoms with van der Waals surface area (Å²) in [6, 6.07) is 1.76. The zero-order valence-electron chi connectivity index (χ0n) is 10.5. The molecule has 2 atom stereocenters. The first-order chi connectivity index (χ1) is 7.93. The van der Waals surface area contributed by atoms with Crippen molar-refractivity contribution in [3.8, 4) is 0 Å². The molecule has 0 aromatic carbocycles. The minimum absolute atomic E-state index is 0.831. The van der Waals surface area contributed by atoms with E-state index in [1.807, 2.05) is 0 Å². The second-order valence-corrected chi connectivity index (χ2v) is 6.06. The van der Waals surface area contributed by atoms with E-state index >= 15 is 0 Å². The molecule has 16 heavy (non-hydrogen) atoms. The largest absolute Gasteiger partial charge is 0.312 e. The maximum Gasteiger partial charge on any atom is 0.0235 e. The monoisotopic (exact) mass is 222 g/mol. The zero-order valence-corrected chi connectivity index (χ0v) is 10.5. The van der Waals surface area contributed by atoms with Gasteiger partial charge in [-0.05, 0) is 38.1 Å². The van der Waals surface area contributed by atoms with Gasteiger partial charge in [-0.2, -0.15) is 0 Å². The Morgan fingerprint density at radius 3 is 2.38 bits per heavy atom. The summed E-state index contributed by atoms with van der Waals surface area (Å²) in [5, 5.41) is 3.72. The summed E-state index contributed by atoms with van der Waals surface area (Å²) in [6.07, 6.45) is 11.7. The van der Waals surface area contributed by atoms with Gasteiger partial charge in [-0.3, -0.25) is 4.90 Å². The SMILES string of the molecule is C1CCCC(N2CC3CCCNC3C2)CC1. The Hall–Kier alpha value is -0.0800. The van der Waals surface area contributed by atoms with Gasteiger partial charge in [-0.1, -0.05) is 25.7 Å². The topological polar surface area (TPSA) is 15.3 Å². The van der Waals surface area contributed by atoms with Gasteiger partial charge in [-0.15, -0.1) is 0 Å². The Labute approximate surface area is 99.8 Å². The average molecular weight is 222 g/mol. The van der Waals surface area contributed by atoms with Crippen molar-refractivity contribution in [1.29, 1.82) is 0 Å². The quantitative estimate of drug-likeness (QED) is 0.685. The van der Waals surface area contributed by atoms with Crippen LogP contribution in [0.5, 0.6) is 0 Å². The molecule has 2 aliphatic heterocycles. The lowest BCUT2D eigenvalue weighted by molar-refractivity contribution is 0.212. The fourth-order valence-electron chi connectivity index (χ4n) is 4.00. The summed E-state index contributed by atoms with van der Waals surface area (Å²) in [7, 11) is 0. The number of piperidine rings is 1. The van der Waals surface area contributed by atoms with Crippen LogP contribution in [0.2, 0.25) is 0 Å². The molecule has 0 radical (unpaired) electrons. The van der Waals surface area contributed by atoms with Gasteiger partial charge >= 0.3 is 0 Å². The third-order valence-electron chi connectivity index (χ3n) is 4.97. The van der Waals surface area contributed by atoms with Gasteiger partial charge in [0.05, 0.1) is 0 Å². The van der Waals surface area contributed by atoms with E-state index in [2.05, 4.69) is 10.2 Å². The van der Waals surface area contributed by atoms with E-state index in [9.17, 15) is 0 Å². The van der Waals surface area contributed by atoms with E-state index in [-0.39, 0.29) is 0 Å². The van der Waals surface area contributed by atoms with Crippen molar-refractivity contribution in [2.45, 2.75) is 63.5 Å². The van der Waals surface area contributed by atoms with Crippen LogP contribution in [0, 0.1) is 5.92 Å². The third-order valence-corrected chi connectivity index (χ3v) is 4.97. The van der Waals surface area contributed by atoms with Crippen LogP contribution in [-0.4, -0.2) is 36.6 Å². The van der Waals surface area contributed by atoms with E-state index in [0.717, 1.165) is 18.0 Å². The molecule has 2 heterocycles. The highest BCUT2D eigenvalue weighted by atomic mass is 15.2. The smallest absolute Gasteiger partial charge is 0.0235 e. The normalized spacial score (nSPS) is 38.2. The van der Waals surface area contributed by atoms with Crippen molar-refractivity contribution in [3.05, 3.63) is 0 Å². The van der Waals surface area contributed by atoms with Crippen molar-refractivity contribution in [3.63, 3.8) is 0 Å². The molecule has 1 N–H and O–H groups in total. The Morgan fingerprint density at radius 1 is 0.812 bits per heavy atom. The molecule has 2 heteroatoms. The molecular weight excluding hydrogens is 196 g/mol. The summed E-state index contributed by atoms with van der Waals surface area (Å²) in [4.78, 5) is 2.82. The summed E-state index contributed by atoms with van der Waals surface area (Å²) in [5.41, 5.74) is 0. The Kier molecular flexibility index (Phi) is 3.49. The molecule has 0 amide bonds. The summed E-state index contributed by atoms with van der Waals surface area (Å²) < 4.78 is 0. The Balaban J connectivity index is 1.58. The number of nitrogens with one attached hydrogen (secondary N) is 1. The van der Waals surface area contributed by atoms with Crippen LogP contribution in [0.4, 0.5) is 0 Å². The highest BCUT2D eigenvalue weighted by Gasteiger charge is 2.36. The first-order valence-corrected chi connectivity index (χ1v) is 7.41. The van der Waals surface area contributed by atoms with Crippen molar-refractivity contribution < 1.29 is 0 Å². The zero-order chi connectivity index (χ0) is 10.8. The van der Waals surface area contributed by atoms with Gasteiger partial charge in [0.15, 0.2) is 0 Å². The Bertz CT molecular complexity index is 207. The molecule has 0 spiro atoms. The minimum Gasteiger partial charge on any atom is -0.312 e. The summed E-state index contributed by atoms with van der Waals surface area (Å²) in [5.74, 6) is 0.969. The molecule has 3 rings (SSSR count). The number of rotatable bonds is 1. The highest BCUT2D eigenvalue weighted by Crippen LogP contribution is 2.30.